The predicted molar refractivity (Wildman–Crippen MR) is 115 cm³/mol. The summed E-state index contributed by atoms with van der Waals surface area (Å²) in [5, 5.41) is 11.8. The van der Waals surface area contributed by atoms with Gasteiger partial charge in [0.2, 0.25) is 0 Å². The summed E-state index contributed by atoms with van der Waals surface area (Å²) in [6, 6.07) is 16.2. The van der Waals surface area contributed by atoms with Gasteiger partial charge in [-0.2, -0.15) is 0 Å². The molecule has 1 heterocycles. The van der Waals surface area contributed by atoms with Crippen molar-refractivity contribution in [2.75, 3.05) is 41.0 Å². The first-order valence-corrected chi connectivity index (χ1v) is 9.80. The number of aromatic nitrogens is 1. The molecule has 29 heavy (non-hydrogen) atoms. The topological polar surface area (TPSA) is 56.1 Å². The molecule has 156 valence electrons. The number of fused-ring (bicyclic) bond motifs is 1. The summed E-state index contributed by atoms with van der Waals surface area (Å²) >= 11 is 0. The molecule has 0 aliphatic heterocycles. The van der Waals surface area contributed by atoms with Crippen LogP contribution in [0.3, 0.4) is 0 Å². The average molecular weight is 399 g/mol. The van der Waals surface area contributed by atoms with Gasteiger partial charge in [-0.1, -0.05) is 24.3 Å². The molecule has 6 nitrogen and oxygen atoms in total. The molecular weight excluding hydrogens is 368 g/mol. The third kappa shape index (κ3) is 5.73. The molecule has 0 fully saturated rings. The van der Waals surface area contributed by atoms with Crippen molar-refractivity contribution in [1.82, 2.24) is 9.47 Å². The van der Waals surface area contributed by atoms with Crippen molar-refractivity contribution in [2.24, 2.45) is 0 Å². The van der Waals surface area contributed by atoms with Crippen LogP contribution in [0.4, 0.5) is 0 Å². The lowest BCUT2D eigenvalue weighted by Crippen LogP contribution is -2.31. The van der Waals surface area contributed by atoms with E-state index in [4.69, 9.17) is 14.2 Å². The Morgan fingerprint density at radius 3 is 2.66 bits per heavy atom. The van der Waals surface area contributed by atoms with Crippen LogP contribution in [0.2, 0.25) is 0 Å². The molecule has 0 saturated carbocycles. The molecule has 1 aromatic heterocycles. The van der Waals surface area contributed by atoms with E-state index in [-0.39, 0.29) is 0 Å². The molecule has 0 saturated heterocycles. The first-order valence-electron chi connectivity index (χ1n) is 9.80. The minimum absolute atomic E-state index is 0.466. The van der Waals surface area contributed by atoms with Crippen LogP contribution in [-0.2, 0) is 17.8 Å². The maximum atomic E-state index is 10.6. The van der Waals surface area contributed by atoms with Crippen LogP contribution in [0.15, 0.2) is 54.7 Å². The number of aliphatic hydroxyl groups is 1. The number of hydrogen-bond donors (Lipinski definition) is 1. The van der Waals surface area contributed by atoms with Gasteiger partial charge in [-0.25, -0.2) is 0 Å². The third-order valence-corrected chi connectivity index (χ3v) is 4.84. The smallest absolute Gasteiger partial charge is 0.161 e. The summed E-state index contributed by atoms with van der Waals surface area (Å²) < 4.78 is 18.3. The van der Waals surface area contributed by atoms with Crippen LogP contribution < -0.4 is 9.47 Å². The van der Waals surface area contributed by atoms with E-state index in [2.05, 4.69) is 27.7 Å². The van der Waals surface area contributed by atoms with Gasteiger partial charge in [-0.15, -0.1) is 0 Å². The van der Waals surface area contributed by atoms with Gasteiger partial charge in [-0.05, 0) is 42.3 Å². The maximum absolute atomic E-state index is 10.6. The van der Waals surface area contributed by atoms with Crippen LogP contribution in [0, 0.1) is 0 Å². The zero-order chi connectivity index (χ0) is 20.6. The molecule has 3 rings (SSSR count). The number of hydrogen-bond acceptors (Lipinski definition) is 5. The lowest BCUT2D eigenvalue weighted by atomic mass is 10.2. The lowest BCUT2D eigenvalue weighted by Gasteiger charge is -2.22. The van der Waals surface area contributed by atoms with Gasteiger partial charge in [0, 0.05) is 38.5 Å². The highest BCUT2D eigenvalue weighted by Gasteiger charge is 2.13. The number of ether oxygens (including phenoxy) is 3. The van der Waals surface area contributed by atoms with Crippen LogP contribution in [0.5, 0.6) is 11.5 Å². The first-order chi connectivity index (χ1) is 14.1. The van der Waals surface area contributed by atoms with Gasteiger partial charge >= 0.3 is 0 Å². The molecule has 0 radical (unpaired) electrons. The van der Waals surface area contributed by atoms with E-state index in [1.165, 1.54) is 5.39 Å². The van der Waals surface area contributed by atoms with E-state index >= 15 is 0 Å². The maximum Gasteiger partial charge on any atom is 0.161 e. The monoisotopic (exact) mass is 398 g/mol. The molecule has 0 amide bonds. The summed E-state index contributed by atoms with van der Waals surface area (Å²) in [6.45, 7) is 2.82. The number of methoxy groups -OCH3 is 2. The quantitative estimate of drug-likeness (QED) is 0.503. The Kier molecular flexibility index (Phi) is 7.52. The second-order valence-corrected chi connectivity index (χ2v) is 7.20. The Bertz CT molecular complexity index is 909. The summed E-state index contributed by atoms with van der Waals surface area (Å²) in [5.41, 5.74) is 2.24. The fourth-order valence-electron chi connectivity index (χ4n) is 3.49. The summed E-state index contributed by atoms with van der Waals surface area (Å²) in [5.74, 6) is 1.40. The zero-order valence-corrected chi connectivity index (χ0v) is 17.4. The van der Waals surface area contributed by atoms with Gasteiger partial charge in [0.05, 0.1) is 19.8 Å². The van der Waals surface area contributed by atoms with Gasteiger partial charge in [0.1, 0.15) is 6.61 Å². The number of benzene rings is 2. The van der Waals surface area contributed by atoms with Crippen LogP contribution in [0.1, 0.15) is 5.56 Å². The molecule has 6 heteroatoms. The first kappa shape index (κ1) is 21.2. The van der Waals surface area contributed by atoms with Gasteiger partial charge in [0.15, 0.2) is 11.5 Å². The van der Waals surface area contributed by atoms with E-state index in [1.54, 1.807) is 14.2 Å². The van der Waals surface area contributed by atoms with Gasteiger partial charge in [-0.3, -0.25) is 4.90 Å². The average Bonchev–Trinajstić information content (AvgIpc) is 3.11. The molecule has 0 aliphatic rings. The molecule has 0 bridgehead atoms. The number of nitrogens with zero attached hydrogens (tertiary/aromatic N) is 2. The summed E-state index contributed by atoms with van der Waals surface area (Å²) in [6.07, 6.45) is 1.56. The fourth-order valence-corrected chi connectivity index (χ4v) is 3.49. The molecule has 1 atom stereocenters. The normalized spacial score (nSPS) is 12.4. The van der Waals surface area contributed by atoms with Gasteiger partial charge < -0.3 is 23.9 Å². The molecular formula is C23H30N2O4. The largest absolute Gasteiger partial charge is 0.493 e. The minimum Gasteiger partial charge on any atom is -0.493 e. The van der Waals surface area contributed by atoms with Crippen molar-refractivity contribution >= 4 is 10.9 Å². The second-order valence-electron chi connectivity index (χ2n) is 7.20. The van der Waals surface area contributed by atoms with Crippen molar-refractivity contribution in [3.63, 3.8) is 0 Å². The highest BCUT2D eigenvalue weighted by molar-refractivity contribution is 5.79. The Labute approximate surface area is 172 Å². The fraction of sp³-hybridized carbons (Fsp3) is 0.391. The SMILES string of the molecule is COCCOc1cc(CN(C)CC(O)Cn2ccc3ccccc32)ccc1OC. The molecule has 3 aromatic rings. The van der Waals surface area contributed by atoms with E-state index in [0.717, 1.165) is 11.1 Å². The van der Waals surface area contributed by atoms with E-state index < -0.39 is 6.10 Å². The Hall–Kier alpha value is -2.54. The van der Waals surface area contributed by atoms with E-state index in [1.807, 2.05) is 43.6 Å². The summed E-state index contributed by atoms with van der Waals surface area (Å²) in [7, 11) is 5.28. The minimum atomic E-state index is -0.466. The second kappa shape index (κ2) is 10.3. The Balaban J connectivity index is 1.58. The highest BCUT2D eigenvalue weighted by atomic mass is 16.5. The van der Waals surface area contributed by atoms with Gasteiger partial charge in [0.25, 0.3) is 0 Å². The highest BCUT2D eigenvalue weighted by Crippen LogP contribution is 2.28. The van der Waals surface area contributed by atoms with Crippen molar-refractivity contribution in [3.8, 4) is 11.5 Å². The standard InChI is InChI=1S/C23H30N2O4/c1-24(15-18-8-9-22(28-3)23(14-18)29-13-12-27-2)16-20(26)17-25-11-10-19-6-4-5-7-21(19)25/h4-11,14,20,26H,12-13,15-17H2,1-3H3. The Morgan fingerprint density at radius 1 is 1.03 bits per heavy atom. The predicted octanol–water partition coefficient (Wildman–Crippen LogP) is 3.17. The van der Waals surface area contributed by atoms with Crippen molar-refractivity contribution in [3.05, 3.63) is 60.3 Å². The Morgan fingerprint density at radius 2 is 1.86 bits per heavy atom. The molecule has 1 unspecified atom stereocenters. The lowest BCUT2D eigenvalue weighted by molar-refractivity contribution is 0.108. The van der Waals surface area contributed by atoms with Crippen LogP contribution in [-0.4, -0.2) is 61.7 Å². The van der Waals surface area contributed by atoms with E-state index in [9.17, 15) is 5.11 Å². The molecule has 0 spiro atoms. The number of para-hydroxylation sites is 1. The third-order valence-electron chi connectivity index (χ3n) is 4.84. The van der Waals surface area contributed by atoms with E-state index in [0.29, 0.717) is 44.3 Å². The van der Waals surface area contributed by atoms with Crippen molar-refractivity contribution in [1.29, 1.82) is 0 Å². The van der Waals surface area contributed by atoms with Crippen molar-refractivity contribution in [2.45, 2.75) is 19.2 Å². The zero-order valence-electron chi connectivity index (χ0n) is 17.4. The van der Waals surface area contributed by atoms with Crippen LogP contribution >= 0.6 is 0 Å². The van der Waals surface area contributed by atoms with Crippen LogP contribution in [0.25, 0.3) is 10.9 Å². The molecule has 2 aromatic carbocycles. The molecule has 1 N–H and O–H groups in total. The number of likely N-dealkylation sites (N-methyl/N-ethyl adjacent to an activating group) is 1. The van der Waals surface area contributed by atoms with Crippen molar-refractivity contribution < 1.29 is 19.3 Å². The summed E-state index contributed by atoms with van der Waals surface area (Å²) in [4.78, 5) is 2.11. The number of rotatable bonds is 11. The molecule has 0 aliphatic carbocycles. The number of aliphatic hydroxyl groups excluding tert-OH is 1.